The van der Waals surface area contributed by atoms with Gasteiger partial charge >= 0.3 is 0 Å². The van der Waals surface area contributed by atoms with Gasteiger partial charge in [-0.2, -0.15) is 15.3 Å². The highest BCUT2D eigenvalue weighted by molar-refractivity contribution is 8.21. The zero-order valence-electron chi connectivity index (χ0n) is 16.1. The third-order valence-corrected chi connectivity index (χ3v) is 5.15. The molecule has 29 heavy (non-hydrogen) atoms. The summed E-state index contributed by atoms with van der Waals surface area (Å²) >= 11 is 1.37. The molecule has 0 amide bonds. The van der Waals surface area contributed by atoms with Crippen molar-refractivity contribution in [2.24, 2.45) is 5.10 Å². The molecule has 10 nitrogen and oxygen atoms in total. The first-order valence-corrected chi connectivity index (χ1v) is 9.58. The van der Waals surface area contributed by atoms with Gasteiger partial charge in [0.25, 0.3) is 5.56 Å². The van der Waals surface area contributed by atoms with E-state index in [9.17, 15) is 9.90 Å². The first-order valence-electron chi connectivity index (χ1n) is 8.76. The average Bonchev–Trinajstić information content (AvgIpc) is 3.15. The van der Waals surface area contributed by atoms with Crippen LogP contribution in [0, 0.1) is 5.41 Å². The highest BCUT2D eigenvalue weighted by Gasteiger charge is 2.24. The van der Waals surface area contributed by atoms with Crippen molar-refractivity contribution in [2.45, 2.75) is 13.0 Å². The van der Waals surface area contributed by atoms with Crippen molar-refractivity contribution in [3.63, 3.8) is 0 Å². The van der Waals surface area contributed by atoms with Crippen molar-refractivity contribution in [1.82, 2.24) is 25.3 Å². The summed E-state index contributed by atoms with van der Waals surface area (Å²) < 4.78 is 1.18. The molecule has 0 bridgehead atoms. The van der Waals surface area contributed by atoms with Gasteiger partial charge < -0.3 is 15.8 Å². The molecule has 1 aliphatic rings. The van der Waals surface area contributed by atoms with Crippen molar-refractivity contribution in [1.29, 1.82) is 5.41 Å². The van der Waals surface area contributed by atoms with Gasteiger partial charge in [0, 0.05) is 49.0 Å². The summed E-state index contributed by atoms with van der Waals surface area (Å²) in [6.07, 6.45) is 5.33. The topological polar surface area (TPSA) is 135 Å². The van der Waals surface area contributed by atoms with Crippen LogP contribution in [-0.2, 0) is 13.0 Å². The number of aromatic amines is 1. The van der Waals surface area contributed by atoms with Crippen LogP contribution in [0.25, 0.3) is 4.91 Å². The molecule has 0 unspecified atom stereocenters. The molecule has 0 saturated heterocycles. The lowest BCUT2D eigenvalue weighted by molar-refractivity contribution is 0.335. The zero-order chi connectivity index (χ0) is 21.0. The van der Waals surface area contributed by atoms with Crippen LogP contribution < -0.4 is 15.9 Å². The largest absolute Gasteiger partial charge is 0.394 e. The fourth-order valence-corrected chi connectivity index (χ4v) is 3.74. The first kappa shape index (κ1) is 20.6. The maximum absolute atomic E-state index is 13.1. The quantitative estimate of drug-likeness (QED) is 0.492. The maximum Gasteiger partial charge on any atom is 0.293 e. The molecule has 0 radical (unpaired) electrons. The van der Waals surface area contributed by atoms with Gasteiger partial charge in [0.2, 0.25) is 0 Å². The van der Waals surface area contributed by atoms with E-state index in [1.54, 1.807) is 26.5 Å². The van der Waals surface area contributed by atoms with E-state index in [-0.39, 0.29) is 24.4 Å². The Hall–Kier alpha value is -3.18. The minimum Gasteiger partial charge on any atom is -0.394 e. The minimum atomic E-state index is -0.386. The van der Waals surface area contributed by atoms with E-state index < -0.39 is 0 Å². The van der Waals surface area contributed by atoms with Crippen LogP contribution in [0.15, 0.2) is 46.7 Å². The van der Waals surface area contributed by atoms with E-state index in [1.807, 2.05) is 6.07 Å². The Labute approximate surface area is 171 Å². The Bertz CT molecular complexity index is 1040. The van der Waals surface area contributed by atoms with Crippen molar-refractivity contribution in [2.75, 3.05) is 25.7 Å². The van der Waals surface area contributed by atoms with Crippen molar-refractivity contribution < 1.29 is 5.11 Å². The normalized spacial score (nSPS) is 14.3. The number of nitrogens with zero attached hydrogens (tertiary/aromatic N) is 5. The number of hydrazone groups is 1. The fraction of sp³-hybridized carbons (Fsp3) is 0.278. The van der Waals surface area contributed by atoms with Crippen LogP contribution in [0.3, 0.4) is 0 Å². The van der Waals surface area contributed by atoms with Gasteiger partial charge in [-0.05, 0) is 6.07 Å². The molecule has 2 aromatic heterocycles. The fourth-order valence-electron chi connectivity index (χ4n) is 2.81. The van der Waals surface area contributed by atoms with Crippen molar-refractivity contribution in [3.05, 3.63) is 58.4 Å². The van der Waals surface area contributed by atoms with Gasteiger partial charge in [0.05, 0.1) is 30.8 Å². The monoisotopic (exact) mass is 414 g/mol. The van der Waals surface area contributed by atoms with E-state index in [2.05, 4.69) is 32.3 Å². The highest BCUT2D eigenvalue weighted by Crippen LogP contribution is 2.35. The van der Waals surface area contributed by atoms with Gasteiger partial charge in [-0.15, -0.1) is 0 Å². The Morgan fingerprint density at radius 2 is 2.31 bits per heavy atom. The van der Waals surface area contributed by atoms with Crippen LogP contribution in [0.4, 0.5) is 5.69 Å². The average molecular weight is 414 g/mol. The summed E-state index contributed by atoms with van der Waals surface area (Å²) in [6.45, 7) is 3.69. The van der Waals surface area contributed by atoms with Crippen molar-refractivity contribution >= 4 is 33.1 Å². The van der Waals surface area contributed by atoms with Gasteiger partial charge in [0.1, 0.15) is 10.7 Å². The molecule has 3 heterocycles. The summed E-state index contributed by atoms with van der Waals surface area (Å²) in [5.41, 5.74) is 1.85. The zero-order valence-corrected chi connectivity index (χ0v) is 17.0. The lowest BCUT2D eigenvalue weighted by Gasteiger charge is -2.16. The number of aliphatic hydroxyl groups excluding tert-OH is 1. The van der Waals surface area contributed by atoms with Gasteiger partial charge in [0.15, 0.2) is 0 Å². The van der Waals surface area contributed by atoms with E-state index in [0.717, 1.165) is 10.7 Å². The third-order valence-electron chi connectivity index (χ3n) is 4.22. The van der Waals surface area contributed by atoms with Crippen molar-refractivity contribution in [3.8, 4) is 0 Å². The van der Waals surface area contributed by atoms with Crippen LogP contribution >= 0.6 is 11.8 Å². The molecule has 0 aromatic carbocycles. The molecule has 2 aromatic rings. The Balaban J connectivity index is 1.93. The molecule has 3 rings (SSSR count). The molecular weight excluding hydrogens is 392 g/mol. The number of fused-ring (bicyclic) bond motifs is 1. The van der Waals surface area contributed by atoms with Crippen LogP contribution in [0.2, 0.25) is 0 Å². The van der Waals surface area contributed by atoms with Crippen LogP contribution in [-0.4, -0.2) is 56.5 Å². The van der Waals surface area contributed by atoms with E-state index in [4.69, 9.17) is 5.41 Å². The van der Waals surface area contributed by atoms with Gasteiger partial charge in [-0.3, -0.25) is 14.9 Å². The molecule has 11 heteroatoms. The molecular formula is C18H22N8O2S. The molecule has 152 valence electrons. The smallest absolute Gasteiger partial charge is 0.293 e. The molecule has 0 spiro atoms. The molecule has 0 atom stereocenters. The Morgan fingerprint density at radius 1 is 1.52 bits per heavy atom. The number of nitrogens with one attached hydrogen (secondary N) is 3. The number of aliphatic hydroxyl groups is 1. The Kier molecular flexibility index (Phi) is 6.29. The number of H-pyrrole nitrogens is 1. The second-order valence-corrected chi connectivity index (χ2v) is 7.42. The standard InChI is InChI=1S/C18H22N8O2S/c1-11-14-8-22-26(9-15(19)12(10-27)7-20-2)18(28)17(14)25(3)24-16(29-11)6-13-4-5-21-23-13/h4-5,7-8,19-20,27H,1,6,9-10H2,2-3H3,(H,21,23)/b12-7-,19-15?. The molecule has 0 fully saturated rings. The summed E-state index contributed by atoms with van der Waals surface area (Å²) in [5, 5.41) is 38.3. The highest BCUT2D eigenvalue weighted by atomic mass is 32.2. The number of hydrogen-bond acceptors (Lipinski definition) is 9. The maximum atomic E-state index is 13.1. The van der Waals surface area contributed by atoms with Gasteiger partial charge in [-0.25, -0.2) is 4.68 Å². The second-order valence-electron chi connectivity index (χ2n) is 6.25. The predicted octanol–water partition coefficient (Wildman–Crippen LogP) is 0.792. The Morgan fingerprint density at radius 3 is 2.97 bits per heavy atom. The molecule has 4 N–H and O–H groups in total. The lowest BCUT2D eigenvalue weighted by atomic mass is 10.2. The molecule has 0 aliphatic carbocycles. The summed E-state index contributed by atoms with van der Waals surface area (Å²) in [5.74, 6) is 0. The number of anilines is 1. The van der Waals surface area contributed by atoms with Crippen LogP contribution in [0.5, 0.6) is 0 Å². The number of rotatable bonds is 7. The van der Waals surface area contributed by atoms with E-state index in [0.29, 0.717) is 28.1 Å². The van der Waals surface area contributed by atoms with Gasteiger partial charge in [-0.1, -0.05) is 18.3 Å². The summed E-state index contributed by atoms with van der Waals surface area (Å²) in [7, 11) is 3.37. The third kappa shape index (κ3) is 4.46. The number of hydrogen-bond donors (Lipinski definition) is 4. The number of aromatic nitrogens is 4. The van der Waals surface area contributed by atoms with Crippen LogP contribution in [0.1, 0.15) is 11.3 Å². The second kappa shape index (κ2) is 8.88. The van der Waals surface area contributed by atoms with E-state index >= 15 is 0 Å². The summed E-state index contributed by atoms with van der Waals surface area (Å²) in [6, 6.07) is 1.86. The number of thioether (sulfide) groups is 1. The summed E-state index contributed by atoms with van der Waals surface area (Å²) in [4.78, 5) is 13.7. The first-order chi connectivity index (χ1) is 13.9. The minimum absolute atomic E-state index is 0.0719. The lowest BCUT2D eigenvalue weighted by Crippen LogP contribution is -2.32. The van der Waals surface area contributed by atoms with E-state index in [1.165, 1.54) is 27.7 Å². The molecule has 1 aliphatic heterocycles. The predicted molar refractivity (Wildman–Crippen MR) is 115 cm³/mol. The SMILES string of the molecule is C=C1SC(Cc2cc[nH]n2)=NN(C)c2c1cnn(CC(=N)/C(=C\NC)CO)c2=O. The molecule has 0 saturated carbocycles.